The van der Waals surface area contributed by atoms with E-state index in [2.05, 4.69) is 4.84 Å². The Morgan fingerprint density at radius 3 is 2.35 bits per heavy atom. The number of rotatable bonds is 4. The number of carboxylic acids is 1. The Balaban J connectivity index is 2.47. The number of aliphatic carboxylic acids is 1. The number of carbonyl (C=O) groups excluding carboxylic acids is 1. The number of amides is 2. The minimum Gasteiger partial charge on any atom is -0.479 e. The molecule has 0 aliphatic carbocycles. The lowest BCUT2D eigenvalue weighted by Gasteiger charge is -2.06. The maximum Gasteiger partial charge on any atom is 0.343 e. The van der Waals surface area contributed by atoms with Crippen LogP contribution in [0.1, 0.15) is 0 Å². The molecule has 2 amide bonds. The molecule has 0 aliphatic heterocycles. The first kappa shape index (κ1) is 12.8. The Morgan fingerprint density at radius 1 is 1.24 bits per heavy atom. The summed E-state index contributed by atoms with van der Waals surface area (Å²) in [5.41, 5.74) is 1.60. The van der Waals surface area contributed by atoms with Crippen LogP contribution in [0.4, 0.5) is 19.3 Å². The van der Waals surface area contributed by atoms with Gasteiger partial charge in [0, 0.05) is 11.8 Å². The van der Waals surface area contributed by atoms with E-state index in [0.29, 0.717) is 6.07 Å². The highest BCUT2D eigenvalue weighted by Gasteiger charge is 2.05. The zero-order chi connectivity index (χ0) is 12.8. The molecule has 0 atom stereocenters. The van der Waals surface area contributed by atoms with Crippen molar-refractivity contribution < 1.29 is 28.3 Å². The molecule has 1 aromatic rings. The summed E-state index contributed by atoms with van der Waals surface area (Å²) in [6.07, 6.45) is 0. The van der Waals surface area contributed by atoms with Gasteiger partial charge in [0.2, 0.25) is 0 Å². The Kier molecular flexibility index (Phi) is 4.35. The van der Waals surface area contributed by atoms with Gasteiger partial charge < -0.3 is 10.4 Å². The van der Waals surface area contributed by atoms with Gasteiger partial charge in [-0.1, -0.05) is 0 Å². The van der Waals surface area contributed by atoms with Crippen molar-refractivity contribution in [3.63, 3.8) is 0 Å². The summed E-state index contributed by atoms with van der Waals surface area (Å²) in [4.78, 5) is 25.3. The van der Waals surface area contributed by atoms with Crippen LogP contribution in [0.3, 0.4) is 0 Å². The third-order valence-electron chi connectivity index (χ3n) is 1.48. The van der Waals surface area contributed by atoms with Crippen molar-refractivity contribution in [1.82, 2.24) is 5.48 Å². The van der Waals surface area contributed by atoms with E-state index in [1.165, 1.54) is 0 Å². The van der Waals surface area contributed by atoms with E-state index in [0.717, 1.165) is 12.1 Å². The summed E-state index contributed by atoms with van der Waals surface area (Å²) in [6.45, 7) is -0.731. The number of hydrogen-bond acceptors (Lipinski definition) is 3. The fraction of sp³-hybridized carbons (Fsp3) is 0.111. The number of carbonyl (C=O) groups is 2. The molecule has 0 fully saturated rings. The van der Waals surface area contributed by atoms with Crippen LogP contribution in [0, 0.1) is 11.6 Å². The molecular weight excluding hydrogens is 238 g/mol. The molecule has 0 spiro atoms. The van der Waals surface area contributed by atoms with Gasteiger partial charge >= 0.3 is 12.0 Å². The molecule has 8 heteroatoms. The number of nitrogens with one attached hydrogen (secondary N) is 2. The second kappa shape index (κ2) is 5.75. The van der Waals surface area contributed by atoms with E-state index < -0.39 is 30.2 Å². The third kappa shape index (κ3) is 4.89. The smallest absolute Gasteiger partial charge is 0.343 e. The number of hydroxylamine groups is 1. The molecular formula is C9H8F2N2O4. The first-order chi connectivity index (χ1) is 7.97. The lowest BCUT2D eigenvalue weighted by molar-refractivity contribution is -0.143. The zero-order valence-electron chi connectivity index (χ0n) is 8.37. The minimum atomic E-state index is -1.28. The van der Waals surface area contributed by atoms with Gasteiger partial charge in [0.15, 0.2) is 6.61 Å². The highest BCUT2D eigenvalue weighted by molar-refractivity contribution is 5.88. The van der Waals surface area contributed by atoms with Crippen LogP contribution in [0.5, 0.6) is 0 Å². The average molecular weight is 246 g/mol. The standard InChI is InChI=1S/C9H8F2N2O4/c10-5-1-6(11)3-7(2-5)12-9(16)13-17-4-8(14)15/h1-3H,4H2,(H,14,15)(H2,12,13,16). The molecule has 0 aliphatic rings. The fourth-order valence-corrected chi connectivity index (χ4v) is 0.946. The molecule has 0 saturated heterocycles. The minimum absolute atomic E-state index is 0.126. The maximum absolute atomic E-state index is 12.7. The third-order valence-corrected chi connectivity index (χ3v) is 1.48. The summed E-state index contributed by atoms with van der Waals surface area (Å²) in [5.74, 6) is -2.99. The van der Waals surface area contributed by atoms with Crippen molar-refractivity contribution in [1.29, 1.82) is 0 Å². The van der Waals surface area contributed by atoms with Gasteiger partial charge in [-0.05, 0) is 12.1 Å². The molecule has 0 saturated carbocycles. The Bertz CT molecular complexity index is 419. The largest absolute Gasteiger partial charge is 0.479 e. The highest BCUT2D eigenvalue weighted by atomic mass is 19.1. The molecule has 6 nitrogen and oxygen atoms in total. The van der Waals surface area contributed by atoms with Crippen LogP contribution in [0.2, 0.25) is 0 Å². The molecule has 0 heterocycles. The Hall–Kier alpha value is -2.22. The molecule has 0 unspecified atom stereocenters. The number of benzene rings is 1. The number of hydrogen-bond donors (Lipinski definition) is 3. The first-order valence-electron chi connectivity index (χ1n) is 4.34. The average Bonchev–Trinajstić information content (AvgIpc) is 2.14. The number of carboxylic acid groups (broad SMARTS) is 1. The molecule has 1 aromatic carbocycles. The van der Waals surface area contributed by atoms with Crippen LogP contribution >= 0.6 is 0 Å². The van der Waals surface area contributed by atoms with Gasteiger partial charge in [-0.3, -0.25) is 4.84 Å². The first-order valence-corrected chi connectivity index (χ1v) is 4.34. The number of urea groups is 1. The predicted molar refractivity (Wildman–Crippen MR) is 52.1 cm³/mol. The topological polar surface area (TPSA) is 87.7 Å². The van der Waals surface area contributed by atoms with E-state index in [-0.39, 0.29) is 5.69 Å². The van der Waals surface area contributed by atoms with Crippen LogP contribution in [0.15, 0.2) is 18.2 Å². The molecule has 92 valence electrons. The van der Waals surface area contributed by atoms with Gasteiger partial charge in [-0.2, -0.15) is 0 Å². The summed E-state index contributed by atoms with van der Waals surface area (Å²) in [7, 11) is 0. The van der Waals surface area contributed by atoms with E-state index in [1.807, 2.05) is 5.32 Å². The normalized spacial score (nSPS) is 9.76. The van der Waals surface area contributed by atoms with Crippen LogP contribution in [-0.4, -0.2) is 23.7 Å². The second-order valence-corrected chi connectivity index (χ2v) is 2.90. The van der Waals surface area contributed by atoms with Gasteiger partial charge in [0.05, 0.1) is 0 Å². The van der Waals surface area contributed by atoms with Crippen LogP contribution in [0.25, 0.3) is 0 Å². The highest BCUT2D eigenvalue weighted by Crippen LogP contribution is 2.12. The quantitative estimate of drug-likeness (QED) is 0.694. The monoisotopic (exact) mass is 246 g/mol. The van der Waals surface area contributed by atoms with Crippen molar-refractivity contribution in [3.8, 4) is 0 Å². The van der Waals surface area contributed by atoms with Gasteiger partial charge in [-0.25, -0.2) is 23.9 Å². The molecule has 0 aromatic heterocycles. The van der Waals surface area contributed by atoms with Crippen molar-refractivity contribution in [2.45, 2.75) is 0 Å². The van der Waals surface area contributed by atoms with Crippen molar-refractivity contribution in [2.24, 2.45) is 0 Å². The molecule has 0 radical (unpaired) electrons. The lowest BCUT2D eigenvalue weighted by Crippen LogP contribution is -2.30. The lowest BCUT2D eigenvalue weighted by atomic mass is 10.3. The summed E-state index contributed by atoms with van der Waals surface area (Å²) < 4.78 is 25.4. The summed E-state index contributed by atoms with van der Waals surface area (Å²) in [6, 6.07) is 1.47. The van der Waals surface area contributed by atoms with Gasteiger partial charge in [0.1, 0.15) is 11.6 Å². The predicted octanol–water partition coefficient (Wildman–Crippen LogP) is 1.10. The molecule has 1 rings (SSSR count). The van der Waals surface area contributed by atoms with E-state index >= 15 is 0 Å². The SMILES string of the molecule is O=C(O)CONC(=O)Nc1cc(F)cc(F)c1. The second-order valence-electron chi connectivity index (χ2n) is 2.90. The Labute approximate surface area is 94.1 Å². The van der Waals surface area contributed by atoms with E-state index in [9.17, 15) is 18.4 Å². The zero-order valence-corrected chi connectivity index (χ0v) is 8.37. The number of halogens is 2. The van der Waals surface area contributed by atoms with Crippen molar-refractivity contribution in [2.75, 3.05) is 11.9 Å². The summed E-state index contributed by atoms with van der Waals surface area (Å²) >= 11 is 0. The van der Waals surface area contributed by atoms with Gasteiger partial charge in [-0.15, -0.1) is 0 Å². The van der Waals surface area contributed by atoms with Crippen LogP contribution in [-0.2, 0) is 9.63 Å². The van der Waals surface area contributed by atoms with Crippen molar-refractivity contribution >= 4 is 17.7 Å². The fourth-order valence-electron chi connectivity index (χ4n) is 0.946. The van der Waals surface area contributed by atoms with Crippen LogP contribution < -0.4 is 10.8 Å². The summed E-state index contributed by atoms with van der Waals surface area (Å²) in [5, 5.41) is 10.2. The Morgan fingerprint density at radius 2 is 1.82 bits per heavy atom. The van der Waals surface area contributed by atoms with Gasteiger partial charge in [0.25, 0.3) is 0 Å². The maximum atomic E-state index is 12.7. The van der Waals surface area contributed by atoms with Crippen molar-refractivity contribution in [3.05, 3.63) is 29.8 Å². The molecule has 0 bridgehead atoms. The molecule has 3 N–H and O–H groups in total. The number of anilines is 1. The molecule has 17 heavy (non-hydrogen) atoms. The van der Waals surface area contributed by atoms with E-state index in [4.69, 9.17) is 5.11 Å². The van der Waals surface area contributed by atoms with E-state index in [1.54, 1.807) is 5.48 Å².